The van der Waals surface area contributed by atoms with Gasteiger partial charge in [-0.3, -0.25) is 0 Å². The number of thioether (sulfide) groups is 1. The van der Waals surface area contributed by atoms with E-state index in [1.54, 1.807) is 7.80 Å². The second kappa shape index (κ2) is 6.48. The first-order valence-electron chi connectivity index (χ1n) is 7.10. The molecule has 1 aliphatic heterocycles. The van der Waals surface area contributed by atoms with Crippen molar-refractivity contribution >= 4 is 65.4 Å². The molecule has 0 nitrogen and oxygen atoms in total. The summed E-state index contributed by atoms with van der Waals surface area (Å²) in [5.41, 5.74) is 0. The number of allylic oxidation sites excluding steroid dienone is 1. The van der Waals surface area contributed by atoms with Crippen LogP contribution < -0.4 is 0 Å². The Hall–Kier alpha value is 1.39. The number of thiophene rings is 1. The summed E-state index contributed by atoms with van der Waals surface area (Å²) < 4.78 is 3.42. The Labute approximate surface area is 153 Å². The molecule has 1 unspecified atom stereocenters. The van der Waals surface area contributed by atoms with Gasteiger partial charge in [-0.15, -0.1) is 0 Å². The van der Waals surface area contributed by atoms with E-state index in [0.717, 1.165) is 0 Å². The topological polar surface area (TPSA) is 0 Å². The van der Waals surface area contributed by atoms with Crippen LogP contribution in [0.3, 0.4) is 0 Å². The fourth-order valence-corrected chi connectivity index (χ4v) is 22.4. The van der Waals surface area contributed by atoms with E-state index < -0.39 is 42.3 Å². The number of hydrogen-bond donors (Lipinski definition) is 0. The molecule has 1 atom stereocenters. The maximum atomic E-state index is 2.62. The number of hydrogen-bond acceptors (Lipinski definition) is 2. The van der Waals surface area contributed by atoms with Crippen LogP contribution in [0.4, 0.5) is 0 Å². The van der Waals surface area contributed by atoms with Gasteiger partial charge in [-0.1, -0.05) is 0 Å². The van der Waals surface area contributed by atoms with Gasteiger partial charge < -0.3 is 0 Å². The SMILES string of the molecule is C[C](C)(C)[Sn][C]1=CC[C]([Sn][C](C)(C)C)(c2cccs2)S1. The molecule has 1 aliphatic rings. The van der Waals surface area contributed by atoms with Gasteiger partial charge in [-0.25, -0.2) is 0 Å². The molecule has 1 aromatic heterocycles. The molecule has 0 bridgehead atoms. The van der Waals surface area contributed by atoms with Gasteiger partial charge in [0.25, 0.3) is 0 Å². The molecule has 1 aromatic rings. The summed E-state index contributed by atoms with van der Waals surface area (Å²) >= 11 is 3.33. The van der Waals surface area contributed by atoms with Gasteiger partial charge in [-0.05, 0) is 0 Å². The molecular formula is C16H24S2Sn2. The van der Waals surface area contributed by atoms with Crippen LogP contribution in [0, 0.1) is 0 Å². The Kier molecular flexibility index (Phi) is 5.75. The van der Waals surface area contributed by atoms with Crippen LogP contribution in [-0.4, -0.2) is 42.3 Å². The molecule has 0 aliphatic carbocycles. The summed E-state index contributed by atoms with van der Waals surface area (Å²) in [5.74, 6) is 0. The molecule has 0 fully saturated rings. The molecule has 0 saturated carbocycles. The van der Waals surface area contributed by atoms with E-state index >= 15 is 0 Å². The zero-order valence-corrected chi connectivity index (χ0v) is 20.7. The van der Waals surface area contributed by atoms with Crippen LogP contribution >= 0.6 is 23.1 Å². The summed E-state index contributed by atoms with van der Waals surface area (Å²) in [6.07, 6.45) is 3.93. The molecular weight excluding hydrogens is 494 g/mol. The minimum absolute atomic E-state index is 0.433. The molecule has 4 heteroatoms. The second-order valence-corrected chi connectivity index (χ2v) is 25.7. The van der Waals surface area contributed by atoms with Gasteiger partial charge in [0.05, 0.1) is 0 Å². The summed E-state index contributed by atoms with van der Waals surface area (Å²) in [6, 6.07) is 4.63. The van der Waals surface area contributed by atoms with E-state index in [4.69, 9.17) is 0 Å². The van der Waals surface area contributed by atoms with E-state index in [-0.39, 0.29) is 0 Å². The van der Waals surface area contributed by atoms with Crippen molar-refractivity contribution in [2.45, 2.75) is 57.6 Å². The van der Waals surface area contributed by atoms with Crippen LogP contribution in [0.2, 0.25) is 6.86 Å². The van der Waals surface area contributed by atoms with E-state index in [1.165, 1.54) is 6.42 Å². The fourth-order valence-electron chi connectivity index (χ4n) is 2.36. The molecule has 2 rings (SSSR count). The van der Waals surface area contributed by atoms with Crippen molar-refractivity contribution in [3.8, 4) is 0 Å². The third-order valence-electron chi connectivity index (χ3n) is 2.85. The summed E-state index contributed by atoms with van der Waals surface area (Å²) in [6.45, 7) is 14.6. The average molecular weight is 518 g/mol. The predicted octanol–water partition coefficient (Wildman–Crippen LogP) is 5.72. The van der Waals surface area contributed by atoms with Crippen molar-refractivity contribution < 1.29 is 0 Å². The first-order chi connectivity index (χ1) is 9.10. The van der Waals surface area contributed by atoms with Gasteiger partial charge in [0.15, 0.2) is 0 Å². The molecule has 108 valence electrons. The van der Waals surface area contributed by atoms with Crippen LogP contribution in [0.15, 0.2) is 26.5 Å². The zero-order valence-electron chi connectivity index (χ0n) is 13.3. The fraction of sp³-hybridized carbons (Fsp3) is 0.625. The third-order valence-corrected chi connectivity index (χ3v) is 16.8. The van der Waals surface area contributed by atoms with E-state index in [1.807, 2.05) is 11.3 Å². The van der Waals surface area contributed by atoms with Crippen LogP contribution in [0.25, 0.3) is 0 Å². The van der Waals surface area contributed by atoms with E-state index in [2.05, 4.69) is 76.9 Å². The molecule has 4 radical (unpaired) electrons. The average Bonchev–Trinajstić information content (AvgIpc) is 2.83. The molecule has 0 aromatic carbocycles. The molecule has 0 N–H and O–H groups in total. The van der Waals surface area contributed by atoms with Gasteiger partial charge in [0.1, 0.15) is 0 Å². The first kappa shape index (κ1) is 17.7. The van der Waals surface area contributed by atoms with Crippen molar-refractivity contribution in [1.82, 2.24) is 0 Å². The quantitative estimate of drug-likeness (QED) is 0.462. The van der Waals surface area contributed by atoms with Crippen molar-refractivity contribution in [1.29, 1.82) is 0 Å². The van der Waals surface area contributed by atoms with Gasteiger partial charge in [-0.2, -0.15) is 0 Å². The Morgan fingerprint density at radius 2 is 1.80 bits per heavy atom. The van der Waals surface area contributed by atoms with E-state index in [9.17, 15) is 0 Å². The predicted molar refractivity (Wildman–Crippen MR) is 97.2 cm³/mol. The minimum atomic E-state index is -0.513. The van der Waals surface area contributed by atoms with Crippen LogP contribution in [0.1, 0.15) is 52.8 Å². The standard InChI is InChI=1S/C8H6S2.2C4H9.2Sn/c1-3-7(9-5-1)8-4-2-6-10-8;2*1-4(2)3;;/h1-3,5H,4H2;2*1-3H3;;. The molecule has 0 spiro atoms. The molecule has 0 saturated heterocycles. The first-order valence-corrected chi connectivity index (χ1v) is 14.5. The summed E-state index contributed by atoms with van der Waals surface area (Å²) in [4.78, 5) is 1.66. The summed E-state index contributed by atoms with van der Waals surface area (Å²) in [7, 11) is 0. The second-order valence-electron chi connectivity index (χ2n) is 7.43. The Balaban J connectivity index is 2.21. The maximum absolute atomic E-state index is 2.62. The summed E-state index contributed by atoms with van der Waals surface area (Å²) in [5, 5.41) is 2.27. The monoisotopic (exact) mass is 520 g/mol. The van der Waals surface area contributed by atoms with Crippen molar-refractivity contribution in [3.05, 3.63) is 31.4 Å². The van der Waals surface area contributed by atoms with Crippen LogP contribution in [-0.2, 0) is 2.76 Å². The molecule has 2 heterocycles. The van der Waals surface area contributed by atoms with Crippen LogP contribution in [0.5, 0.6) is 0 Å². The number of rotatable bonds is 3. The Morgan fingerprint density at radius 1 is 1.10 bits per heavy atom. The van der Waals surface area contributed by atoms with Gasteiger partial charge >= 0.3 is 154 Å². The molecule has 0 amide bonds. The van der Waals surface area contributed by atoms with Gasteiger partial charge in [0.2, 0.25) is 0 Å². The van der Waals surface area contributed by atoms with Crippen molar-refractivity contribution in [2.24, 2.45) is 0 Å². The molecule has 20 heavy (non-hydrogen) atoms. The van der Waals surface area contributed by atoms with Crippen molar-refractivity contribution in [3.63, 3.8) is 0 Å². The normalized spacial score (nSPS) is 24.0. The van der Waals surface area contributed by atoms with Crippen molar-refractivity contribution in [2.75, 3.05) is 0 Å². The van der Waals surface area contributed by atoms with Gasteiger partial charge in [0, 0.05) is 0 Å². The Morgan fingerprint density at radius 3 is 2.30 bits per heavy atom. The zero-order chi connectivity index (χ0) is 15.0. The Bertz CT molecular complexity index is 478. The third kappa shape index (κ3) is 4.95. The van der Waals surface area contributed by atoms with E-state index in [0.29, 0.717) is 9.62 Å².